The van der Waals surface area contributed by atoms with Crippen molar-refractivity contribution in [3.8, 4) is 0 Å². The first kappa shape index (κ1) is 10.5. The number of esters is 1. The standard InChI is InChI=1S/C9H17NO3/c1-6(2)8(10)9(11)13-7-3-4-12-5-7/h6-8H,3-5,10H2,1-2H3/t7?,8-/m0/s1. The molecule has 0 aliphatic carbocycles. The maximum absolute atomic E-state index is 11.3. The lowest BCUT2D eigenvalue weighted by atomic mass is 10.1. The van der Waals surface area contributed by atoms with E-state index >= 15 is 0 Å². The molecule has 0 spiro atoms. The normalized spacial score (nSPS) is 24.8. The van der Waals surface area contributed by atoms with Crippen LogP contribution >= 0.6 is 0 Å². The third kappa shape index (κ3) is 2.97. The summed E-state index contributed by atoms with van der Waals surface area (Å²) in [7, 11) is 0. The molecule has 1 saturated heterocycles. The molecule has 4 heteroatoms. The van der Waals surface area contributed by atoms with Crippen LogP contribution < -0.4 is 5.73 Å². The lowest BCUT2D eigenvalue weighted by Gasteiger charge is -2.17. The molecular weight excluding hydrogens is 170 g/mol. The molecule has 0 amide bonds. The van der Waals surface area contributed by atoms with Crippen LogP contribution in [-0.2, 0) is 14.3 Å². The van der Waals surface area contributed by atoms with Crippen LogP contribution in [0.1, 0.15) is 20.3 Å². The van der Waals surface area contributed by atoms with Crippen molar-refractivity contribution in [1.82, 2.24) is 0 Å². The fraction of sp³-hybridized carbons (Fsp3) is 0.889. The molecule has 2 atom stereocenters. The summed E-state index contributed by atoms with van der Waals surface area (Å²) >= 11 is 0. The van der Waals surface area contributed by atoms with Crippen molar-refractivity contribution in [2.45, 2.75) is 32.4 Å². The molecular formula is C9H17NO3. The smallest absolute Gasteiger partial charge is 0.323 e. The fourth-order valence-electron chi connectivity index (χ4n) is 1.12. The summed E-state index contributed by atoms with van der Waals surface area (Å²) < 4.78 is 10.2. The van der Waals surface area contributed by atoms with Crippen LogP contribution in [0.3, 0.4) is 0 Å². The second kappa shape index (κ2) is 4.58. The maximum Gasteiger partial charge on any atom is 0.323 e. The minimum Gasteiger partial charge on any atom is -0.459 e. The number of nitrogens with two attached hydrogens (primary N) is 1. The van der Waals surface area contributed by atoms with Gasteiger partial charge in [-0.25, -0.2) is 0 Å². The maximum atomic E-state index is 11.3. The average molecular weight is 187 g/mol. The first-order valence-electron chi connectivity index (χ1n) is 4.65. The number of hydrogen-bond acceptors (Lipinski definition) is 4. The highest BCUT2D eigenvalue weighted by atomic mass is 16.6. The van der Waals surface area contributed by atoms with Gasteiger partial charge in [0.15, 0.2) is 0 Å². The van der Waals surface area contributed by atoms with E-state index in [9.17, 15) is 4.79 Å². The zero-order valence-corrected chi connectivity index (χ0v) is 8.16. The molecule has 0 bridgehead atoms. The zero-order valence-electron chi connectivity index (χ0n) is 8.16. The van der Waals surface area contributed by atoms with Crippen molar-refractivity contribution in [3.05, 3.63) is 0 Å². The van der Waals surface area contributed by atoms with Gasteiger partial charge in [0, 0.05) is 6.42 Å². The molecule has 1 rings (SSSR count). The van der Waals surface area contributed by atoms with Gasteiger partial charge >= 0.3 is 5.97 Å². The number of ether oxygens (including phenoxy) is 2. The largest absolute Gasteiger partial charge is 0.459 e. The van der Waals surface area contributed by atoms with Gasteiger partial charge in [0.1, 0.15) is 12.1 Å². The van der Waals surface area contributed by atoms with Crippen molar-refractivity contribution in [2.75, 3.05) is 13.2 Å². The molecule has 1 fully saturated rings. The summed E-state index contributed by atoms with van der Waals surface area (Å²) in [6.45, 7) is 4.99. The monoisotopic (exact) mass is 187 g/mol. The van der Waals surface area contributed by atoms with Crippen LogP contribution in [0, 0.1) is 5.92 Å². The lowest BCUT2D eigenvalue weighted by Crippen LogP contribution is -2.39. The van der Waals surface area contributed by atoms with Crippen LogP contribution in [0.25, 0.3) is 0 Å². The first-order valence-corrected chi connectivity index (χ1v) is 4.65. The Morgan fingerprint density at radius 3 is 2.77 bits per heavy atom. The van der Waals surface area contributed by atoms with Gasteiger partial charge in [0.2, 0.25) is 0 Å². The van der Waals surface area contributed by atoms with E-state index in [0.717, 1.165) is 6.42 Å². The summed E-state index contributed by atoms with van der Waals surface area (Å²) in [6.07, 6.45) is 0.702. The highest BCUT2D eigenvalue weighted by Gasteiger charge is 2.25. The minimum absolute atomic E-state index is 0.0858. The topological polar surface area (TPSA) is 61.6 Å². The molecule has 4 nitrogen and oxygen atoms in total. The Morgan fingerprint density at radius 1 is 1.62 bits per heavy atom. The van der Waals surface area contributed by atoms with Gasteiger partial charge in [0.05, 0.1) is 13.2 Å². The second-order valence-corrected chi connectivity index (χ2v) is 3.69. The Hall–Kier alpha value is -0.610. The van der Waals surface area contributed by atoms with E-state index in [0.29, 0.717) is 13.2 Å². The summed E-state index contributed by atoms with van der Waals surface area (Å²) in [5, 5.41) is 0. The van der Waals surface area contributed by atoms with Crippen molar-refractivity contribution >= 4 is 5.97 Å². The SMILES string of the molecule is CC(C)[C@H](N)C(=O)OC1CCOC1. The fourth-order valence-corrected chi connectivity index (χ4v) is 1.12. The Bertz CT molecular complexity index is 176. The van der Waals surface area contributed by atoms with Gasteiger partial charge in [-0.15, -0.1) is 0 Å². The van der Waals surface area contributed by atoms with Crippen molar-refractivity contribution in [2.24, 2.45) is 11.7 Å². The quantitative estimate of drug-likeness (QED) is 0.645. The summed E-state index contributed by atoms with van der Waals surface area (Å²) in [5.74, 6) is -0.194. The highest BCUT2D eigenvalue weighted by molar-refractivity contribution is 5.75. The Balaban J connectivity index is 2.31. The van der Waals surface area contributed by atoms with Crippen LogP contribution in [0.2, 0.25) is 0 Å². The Morgan fingerprint density at radius 2 is 2.31 bits per heavy atom. The summed E-state index contributed by atoms with van der Waals surface area (Å²) in [6, 6.07) is -0.513. The number of rotatable bonds is 3. The van der Waals surface area contributed by atoms with Crippen LogP contribution in [0.4, 0.5) is 0 Å². The molecule has 0 aromatic carbocycles. The molecule has 0 aromatic heterocycles. The molecule has 0 aromatic rings. The van der Waals surface area contributed by atoms with Crippen LogP contribution in [0.15, 0.2) is 0 Å². The van der Waals surface area contributed by atoms with Crippen LogP contribution in [0.5, 0.6) is 0 Å². The first-order chi connectivity index (χ1) is 6.11. The number of hydrogen-bond donors (Lipinski definition) is 1. The Kier molecular flexibility index (Phi) is 3.69. The molecule has 0 radical (unpaired) electrons. The molecule has 0 saturated carbocycles. The molecule has 1 aliphatic heterocycles. The van der Waals surface area contributed by atoms with Crippen LogP contribution in [-0.4, -0.2) is 31.3 Å². The van der Waals surface area contributed by atoms with Gasteiger partial charge in [-0.3, -0.25) is 4.79 Å². The van der Waals surface area contributed by atoms with Crippen molar-refractivity contribution in [3.63, 3.8) is 0 Å². The van der Waals surface area contributed by atoms with Gasteiger partial charge < -0.3 is 15.2 Å². The predicted molar refractivity (Wildman–Crippen MR) is 48.1 cm³/mol. The van der Waals surface area contributed by atoms with Crippen molar-refractivity contribution < 1.29 is 14.3 Å². The van der Waals surface area contributed by atoms with Crippen molar-refractivity contribution in [1.29, 1.82) is 0 Å². The number of carbonyl (C=O) groups is 1. The number of carbonyl (C=O) groups excluding carboxylic acids is 1. The molecule has 76 valence electrons. The average Bonchev–Trinajstić information content (AvgIpc) is 2.55. The third-order valence-electron chi connectivity index (χ3n) is 2.16. The van der Waals surface area contributed by atoms with Gasteiger partial charge in [-0.2, -0.15) is 0 Å². The van der Waals surface area contributed by atoms with E-state index in [4.69, 9.17) is 15.2 Å². The second-order valence-electron chi connectivity index (χ2n) is 3.69. The van der Waals surface area contributed by atoms with E-state index < -0.39 is 6.04 Å². The summed E-state index contributed by atoms with van der Waals surface area (Å²) in [4.78, 5) is 11.3. The predicted octanol–water partition coefficient (Wildman–Crippen LogP) is 0.302. The lowest BCUT2D eigenvalue weighted by molar-refractivity contribution is -0.151. The molecule has 1 aliphatic rings. The van der Waals surface area contributed by atoms with E-state index in [-0.39, 0.29) is 18.0 Å². The van der Waals surface area contributed by atoms with E-state index in [2.05, 4.69) is 0 Å². The van der Waals surface area contributed by atoms with E-state index in [1.165, 1.54) is 0 Å². The highest BCUT2D eigenvalue weighted by Crippen LogP contribution is 2.10. The third-order valence-corrected chi connectivity index (χ3v) is 2.16. The van der Waals surface area contributed by atoms with E-state index in [1.54, 1.807) is 0 Å². The molecule has 13 heavy (non-hydrogen) atoms. The molecule has 2 N–H and O–H groups in total. The zero-order chi connectivity index (χ0) is 9.84. The van der Waals surface area contributed by atoms with E-state index in [1.807, 2.05) is 13.8 Å². The Labute approximate surface area is 78.4 Å². The minimum atomic E-state index is -0.513. The van der Waals surface area contributed by atoms with Gasteiger partial charge in [-0.05, 0) is 5.92 Å². The summed E-state index contributed by atoms with van der Waals surface area (Å²) in [5.41, 5.74) is 5.62. The molecule has 1 heterocycles. The molecule has 1 unspecified atom stereocenters. The van der Waals surface area contributed by atoms with Gasteiger partial charge in [-0.1, -0.05) is 13.8 Å². The van der Waals surface area contributed by atoms with Gasteiger partial charge in [0.25, 0.3) is 0 Å².